The number of carbonyl (C=O) groups excluding carboxylic acids is 2. The molecule has 0 bridgehead atoms. The molecule has 0 saturated heterocycles. The van der Waals surface area contributed by atoms with E-state index in [0.717, 1.165) is 17.5 Å². The number of aromatic nitrogens is 1. The van der Waals surface area contributed by atoms with Crippen LogP contribution in [-0.4, -0.2) is 16.9 Å². The van der Waals surface area contributed by atoms with Gasteiger partial charge in [0.05, 0.1) is 16.4 Å². The highest BCUT2D eigenvalue weighted by Crippen LogP contribution is 2.37. The second kappa shape index (κ2) is 8.96. The number of hydrogen-bond acceptors (Lipinski definition) is 5. The molecule has 26 heavy (non-hydrogen) atoms. The van der Waals surface area contributed by atoms with Crippen molar-refractivity contribution in [2.75, 3.05) is 4.90 Å². The summed E-state index contributed by atoms with van der Waals surface area (Å²) in [5.74, 6) is -0.607. The molecule has 0 saturated carbocycles. The fraction of sp³-hybridized carbons (Fsp3) is 0.316. The highest BCUT2D eigenvalue weighted by molar-refractivity contribution is 7.14. The topological polar surface area (TPSA) is 59.5 Å². The second-order valence-electron chi connectivity index (χ2n) is 5.81. The van der Waals surface area contributed by atoms with Crippen molar-refractivity contribution in [1.82, 2.24) is 4.98 Å². The molecule has 0 aliphatic rings. The molecular formula is C19H21ClN2O3S. The van der Waals surface area contributed by atoms with E-state index in [1.807, 2.05) is 32.9 Å². The van der Waals surface area contributed by atoms with Gasteiger partial charge in [-0.1, -0.05) is 30.7 Å². The lowest BCUT2D eigenvalue weighted by Crippen LogP contribution is -2.24. The molecule has 0 N–H and O–H groups in total. The highest BCUT2D eigenvalue weighted by Gasteiger charge is 2.22. The molecule has 2 rings (SSSR count). The van der Waals surface area contributed by atoms with Gasteiger partial charge in [0.2, 0.25) is 5.91 Å². The van der Waals surface area contributed by atoms with Gasteiger partial charge in [-0.2, -0.15) is 0 Å². The zero-order valence-corrected chi connectivity index (χ0v) is 16.8. The minimum Gasteiger partial charge on any atom is -0.456 e. The van der Waals surface area contributed by atoms with Crippen molar-refractivity contribution in [3.8, 4) is 0 Å². The van der Waals surface area contributed by atoms with Crippen LogP contribution < -0.4 is 4.90 Å². The number of benzene rings is 1. The number of aryl methyl sites for hydroxylation is 2. The van der Waals surface area contributed by atoms with Crippen LogP contribution in [0.4, 0.5) is 10.8 Å². The van der Waals surface area contributed by atoms with Gasteiger partial charge < -0.3 is 4.74 Å². The second-order valence-corrected chi connectivity index (χ2v) is 7.05. The fourth-order valence-electron chi connectivity index (χ4n) is 2.45. The maximum Gasteiger partial charge on any atom is 0.330 e. The quantitative estimate of drug-likeness (QED) is 0.506. The van der Waals surface area contributed by atoms with Crippen LogP contribution in [0.3, 0.4) is 0 Å². The molecule has 0 unspecified atom stereocenters. The molecule has 7 heteroatoms. The van der Waals surface area contributed by atoms with E-state index in [4.69, 9.17) is 16.3 Å². The number of anilines is 2. The lowest BCUT2D eigenvalue weighted by molar-refractivity contribution is -0.139. The number of rotatable bonds is 6. The van der Waals surface area contributed by atoms with E-state index in [9.17, 15) is 9.59 Å². The normalized spacial score (nSPS) is 11.0. The molecule has 1 aromatic carbocycles. The first kappa shape index (κ1) is 20.1. The molecule has 0 aliphatic heterocycles. The minimum atomic E-state index is -0.415. The number of carbonyl (C=O) groups is 2. The Balaban J connectivity index is 2.25. The van der Waals surface area contributed by atoms with Crippen molar-refractivity contribution >= 4 is 45.6 Å². The van der Waals surface area contributed by atoms with Gasteiger partial charge >= 0.3 is 5.97 Å². The van der Waals surface area contributed by atoms with Gasteiger partial charge in [0, 0.05) is 18.4 Å². The number of ether oxygens (including phenoxy) is 1. The third kappa shape index (κ3) is 4.93. The Labute approximate surface area is 162 Å². The molecule has 0 atom stereocenters. The minimum absolute atomic E-state index is 0.0513. The summed E-state index contributed by atoms with van der Waals surface area (Å²) in [4.78, 5) is 29.7. The van der Waals surface area contributed by atoms with Crippen LogP contribution in [0.5, 0.6) is 0 Å². The standard InChI is InChI=1S/C19H21ClN2O3S/c1-5-6-7-17(24)25-10-15-11-26-19(21-15)22(14(4)23)18-13(3)8-12(2)9-16(18)20/h6-9,11H,5,10H2,1-4H3/b7-6+. The van der Waals surface area contributed by atoms with Crippen LogP contribution in [0.25, 0.3) is 0 Å². The van der Waals surface area contributed by atoms with E-state index in [1.165, 1.54) is 29.2 Å². The van der Waals surface area contributed by atoms with Gasteiger partial charge in [-0.15, -0.1) is 11.3 Å². The van der Waals surface area contributed by atoms with E-state index in [0.29, 0.717) is 21.5 Å². The number of halogens is 1. The number of allylic oxidation sites excluding steroid dienone is 1. The molecule has 138 valence electrons. The van der Waals surface area contributed by atoms with Gasteiger partial charge in [0.25, 0.3) is 0 Å². The van der Waals surface area contributed by atoms with E-state index in [-0.39, 0.29) is 12.5 Å². The smallest absolute Gasteiger partial charge is 0.330 e. The Morgan fingerprint density at radius 3 is 2.69 bits per heavy atom. The first-order valence-electron chi connectivity index (χ1n) is 8.18. The number of esters is 1. The van der Waals surface area contributed by atoms with E-state index in [1.54, 1.807) is 11.5 Å². The molecule has 1 heterocycles. The summed E-state index contributed by atoms with van der Waals surface area (Å²) in [6.45, 7) is 7.30. The monoisotopic (exact) mass is 392 g/mol. The fourth-order valence-corrected chi connectivity index (χ4v) is 3.71. The lowest BCUT2D eigenvalue weighted by atomic mass is 10.1. The predicted octanol–water partition coefficient (Wildman–Crippen LogP) is 5.11. The van der Waals surface area contributed by atoms with E-state index >= 15 is 0 Å². The van der Waals surface area contributed by atoms with Crippen molar-refractivity contribution in [3.63, 3.8) is 0 Å². The van der Waals surface area contributed by atoms with Gasteiger partial charge in [-0.25, -0.2) is 9.78 Å². The zero-order valence-electron chi connectivity index (χ0n) is 15.2. The summed E-state index contributed by atoms with van der Waals surface area (Å²) >= 11 is 7.69. The average Bonchev–Trinajstić information content (AvgIpc) is 3.02. The first-order chi connectivity index (χ1) is 12.3. The van der Waals surface area contributed by atoms with Crippen molar-refractivity contribution in [3.05, 3.63) is 51.5 Å². The van der Waals surface area contributed by atoms with Crippen LogP contribution in [0.15, 0.2) is 29.7 Å². The Kier molecular flexibility index (Phi) is 6.94. The van der Waals surface area contributed by atoms with Crippen molar-refractivity contribution in [1.29, 1.82) is 0 Å². The molecule has 0 radical (unpaired) electrons. The average molecular weight is 393 g/mol. The van der Waals surface area contributed by atoms with Crippen LogP contribution >= 0.6 is 22.9 Å². The van der Waals surface area contributed by atoms with Gasteiger partial charge in [0.1, 0.15) is 6.61 Å². The van der Waals surface area contributed by atoms with Crippen molar-refractivity contribution in [2.24, 2.45) is 0 Å². The largest absolute Gasteiger partial charge is 0.456 e. The van der Waals surface area contributed by atoms with Crippen LogP contribution in [0, 0.1) is 13.8 Å². The molecule has 2 aromatic rings. The Morgan fingerprint density at radius 2 is 2.08 bits per heavy atom. The first-order valence-corrected chi connectivity index (χ1v) is 9.44. The Bertz CT molecular complexity index is 822. The maximum atomic E-state index is 12.3. The van der Waals surface area contributed by atoms with Crippen LogP contribution in [-0.2, 0) is 20.9 Å². The van der Waals surface area contributed by atoms with Gasteiger partial charge in [-0.05, 0) is 37.5 Å². The lowest BCUT2D eigenvalue weighted by Gasteiger charge is -2.22. The predicted molar refractivity (Wildman–Crippen MR) is 105 cm³/mol. The maximum absolute atomic E-state index is 12.3. The molecular weight excluding hydrogens is 372 g/mol. The summed E-state index contributed by atoms with van der Waals surface area (Å²) in [6.07, 6.45) is 3.89. The van der Waals surface area contributed by atoms with Crippen LogP contribution in [0.2, 0.25) is 5.02 Å². The molecule has 1 amide bonds. The highest BCUT2D eigenvalue weighted by atomic mass is 35.5. The van der Waals surface area contributed by atoms with Crippen molar-refractivity contribution in [2.45, 2.75) is 40.7 Å². The third-order valence-corrected chi connectivity index (χ3v) is 4.68. The zero-order chi connectivity index (χ0) is 19.3. The third-order valence-electron chi connectivity index (χ3n) is 3.52. The summed E-state index contributed by atoms with van der Waals surface area (Å²) in [7, 11) is 0. The van der Waals surface area contributed by atoms with Gasteiger partial charge in [-0.3, -0.25) is 9.69 Å². The Hall–Kier alpha value is -2.18. The number of thiazole rings is 1. The molecule has 0 fully saturated rings. The molecule has 0 aliphatic carbocycles. The molecule has 1 aromatic heterocycles. The summed E-state index contributed by atoms with van der Waals surface area (Å²) in [6, 6.07) is 3.78. The SMILES string of the molecule is CC/C=C/C(=O)OCc1csc(N(C(C)=O)c2c(C)cc(C)cc2Cl)n1. The van der Waals surface area contributed by atoms with Crippen molar-refractivity contribution < 1.29 is 14.3 Å². The summed E-state index contributed by atoms with van der Waals surface area (Å²) < 4.78 is 5.14. The van der Waals surface area contributed by atoms with Gasteiger partial charge in [0.15, 0.2) is 5.13 Å². The summed E-state index contributed by atoms with van der Waals surface area (Å²) in [5.41, 5.74) is 3.11. The number of hydrogen-bond donors (Lipinski definition) is 0. The number of amides is 1. The van der Waals surface area contributed by atoms with Crippen LogP contribution in [0.1, 0.15) is 37.1 Å². The number of nitrogens with zero attached hydrogens (tertiary/aromatic N) is 2. The molecule has 5 nitrogen and oxygen atoms in total. The Morgan fingerprint density at radius 1 is 1.35 bits per heavy atom. The van der Waals surface area contributed by atoms with E-state index in [2.05, 4.69) is 4.98 Å². The molecule has 0 spiro atoms. The van der Waals surface area contributed by atoms with E-state index < -0.39 is 5.97 Å². The summed E-state index contributed by atoms with van der Waals surface area (Å²) in [5, 5.41) is 2.74.